The van der Waals surface area contributed by atoms with E-state index in [4.69, 9.17) is 0 Å². The molecular weight excluding hydrogens is 425 g/mol. The summed E-state index contributed by atoms with van der Waals surface area (Å²) < 4.78 is 37.0. The molecule has 2 aromatic carbocycles. The first-order valence-electron chi connectivity index (χ1n) is 8.31. The topological polar surface area (TPSA) is 124 Å². The van der Waals surface area contributed by atoms with Crippen LogP contribution in [0.5, 0.6) is 0 Å². The molecule has 0 unspecified atom stereocenters. The highest BCUT2D eigenvalue weighted by molar-refractivity contribution is 8.00. The number of fused-ring (bicyclic) bond motifs is 1. The van der Waals surface area contributed by atoms with E-state index in [0.717, 1.165) is 12.1 Å². The second kappa shape index (κ2) is 8.45. The molecule has 0 fully saturated rings. The second-order valence-electron chi connectivity index (χ2n) is 5.94. The second-order valence-corrected chi connectivity index (χ2v) is 7.08. The zero-order valence-corrected chi connectivity index (χ0v) is 15.7. The van der Waals surface area contributed by atoms with Crippen molar-refractivity contribution in [3.8, 4) is 0 Å². The summed E-state index contributed by atoms with van der Waals surface area (Å²) in [5.74, 6) is -1.33. The van der Waals surface area contributed by atoms with Crippen molar-refractivity contribution in [2.45, 2.75) is 10.4 Å². The maximum atomic E-state index is 12.3. The number of hydrogen-bond acceptors (Lipinski definition) is 5. The van der Waals surface area contributed by atoms with Gasteiger partial charge in [0.15, 0.2) is 0 Å². The average Bonchev–Trinajstić information content (AvgIpc) is 2.68. The number of nitrogens with one attached hydrogen (secondary N) is 4. The lowest BCUT2D eigenvalue weighted by atomic mass is 10.1. The Bertz CT molecular complexity index is 1220. The van der Waals surface area contributed by atoms with Crippen LogP contribution in [-0.4, -0.2) is 34.1 Å². The number of anilines is 1. The Kier molecular flexibility index (Phi) is 5.96. The number of aromatic nitrogens is 2. The normalized spacial score (nSPS) is 11.3. The van der Waals surface area contributed by atoms with E-state index in [0.29, 0.717) is 0 Å². The quantitative estimate of drug-likeness (QED) is 0.455. The highest BCUT2D eigenvalue weighted by Gasteiger charge is 2.29. The Balaban J connectivity index is 1.65. The molecule has 1 aromatic heterocycles. The number of carbonyl (C=O) groups excluding carboxylic acids is 2. The van der Waals surface area contributed by atoms with E-state index in [9.17, 15) is 32.3 Å². The number of H-pyrrole nitrogens is 2. The van der Waals surface area contributed by atoms with Crippen LogP contribution >= 0.6 is 11.8 Å². The molecule has 0 aliphatic heterocycles. The molecule has 0 radical (unpaired) electrons. The summed E-state index contributed by atoms with van der Waals surface area (Å²) >= 11 is -0.305. The van der Waals surface area contributed by atoms with Crippen molar-refractivity contribution in [3.05, 3.63) is 68.7 Å². The summed E-state index contributed by atoms with van der Waals surface area (Å²) in [4.78, 5) is 47.9. The molecular formula is C18H13F3N4O4S. The minimum atomic E-state index is -4.43. The first-order chi connectivity index (χ1) is 14.1. The van der Waals surface area contributed by atoms with Crippen molar-refractivity contribution in [2.75, 3.05) is 11.9 Å². The van der Waals surface area contributed by atoms with Crippen molar-refractivity contribution >= 4 is 40.0 Å². The highest BCUT2D eigenvalue weighted by Crippen LogP contribution is 2.36. The van der Waals surface area contributed by atoms with Crippen molar-refractivity contribution in [3.63, 3.8) is 0 Å². The van der Waals surface area contributed by atoms with E-state index in [1.54, 1.807) is 0 Å². The van der Waals surface area contributed by atoms with Gasteiger partial charge in [-0.05, 0) is 48.2 Å². The van der Waals surface area contributed by atoms with Crippen LogP contribution in [0, 0.1) is 0 Å². The maximum Gasteiger partial charge on any atom is 0.446 e. The van der Waals surface area contributed by atoms with E-state index in [-0.39, 0.29) is 38.7 Å². The Morgan fingerprint density at radius 3 is 2.30 bits per heavy atom. The van der Waals surface area contributed by atoms with Crippen molar-refractivity contribution in [2.24, 2.45) is 0 Å². The molecule has 0 aliphatic rings. The minimum absolute atomic E-state index is 0.0151. The van der Waals surface area contributed by atoms with Crippen LogP contribution in [0.2, 0.25) is 0 Å². The molecule has 4 N–H and O–H groups in total. The van der Waals surface area contributed by atoms with Gasteiger partial charge in [-0.1, -0.05) is 6.07 Å². The van der Waals surface area contributed by atoms with Crippen LogP contribution in [0.1, 0.15) is 10.4 Å². The molecule has 156 valence electrons. The summed E-state index contributed by atoms with van der Waals surface area (Å²) in [5, 5.41) is 9.16. The van der Waals surface area contributed by atoms with E-state index in [1.807, 2.05) is 0 Å². The molecule has 8 nitrogen and oxygen atoms in total. The van der Waals surface area contributed by atoms with Gasteiger partial charge in [0.25, 0.3) is 17.0 Å². The van der Waals surface area contributed by atoms with E-state index >= 15 is 0 Å². The molecule has 0 bridgehead atoms. The number of hydrogen-bond donors (Lipinski definition) is 4. The number of benzene rings is 2. The first-order valence-corrected chi connectivity index (χ1v) is 9.13. The molecule has 3 aromatic rings. The summed E-state index contributed by atoms with van der Waals surface area (Å²) in [5.41, 5.74) is -5.42. The number of rotatable bonds is 5. The van der Waals surface area contributed by atoms with Crippen molar-refractivity contribution in [1.82, 2.24) is 15.5 Å². The molecule has 2 amide bonds. The zero-order valence-electron chi connectivity index (χ0n) is 14.9. The number of halogens is 3. The van der Waals surface area contributed by atoms with Gasteiger partial charge in [0.2, 0.25) is 5.91 Å². The van der Waals surface area contributed by atoms with Crippen LogP contribution < -0.4 is 21.8 Å². The number of aromatic amines is 2. The van der Waals surface area contributed by atoms with E-state index < -0.39 is 35.0 Å². The number of thioether (sulfide) groups is 1. The molecule has 0 spiro atoms. The van der Waals surface area contributed by atoms with E-state index in [1.165, 1.54) is 30.3 Å². The number of alkyl halides is 3. The van der Waals surface area contributed by atoms with Crippen LogP contribution in [0.15, 0.2) is 56.9 Å². The van der Waals surface area contributed by atoms with Gasteiger partial charge in [0, 0.05) is 10.5 Å². The molecule has 3 rings (SSSR count). The molecule has 0 saturated heterocycles. The fourth-order valence-corrected chi connectivity index (χ4v) is 3.14. The van der Waals surface area contributed by atoms with Gasteiger partial charge in [-0.3, -0.25) is 29.4 Å². The molecule has 30 heavy (non-hydrogen) atoms. The average molecular weight is 438 g/mol. The summed E-state index contributed by atoms with van der Waals surface area (Å²) in [6.07, 6.45) is 0. The third-order valence-corrected chi connectivity index (χ3v) is 4.60. The third-order valence-electron chi connectivity index (χ3n) is 3.86. The lowest BCUT2D eigenvalue weighted by Crippen LogP contribution is -2.33. The van der Waals surface area contributed by atoms with Gasteiger partial charge >= 0.3 is 5.51 Å². The predicted octanol–water partition coefficient (Wildman–Crippen LogP) is 2.20. The fraction of sp³-hybridized carbons (Fsp3) is 0.111. The highest BCUT2D eigenvalue weighted by atomic mass is 32.2. The van der Waals surface area contributed by atoms with Crippen LogP contribution in [0.25, 0.3) is 10.8 Å². The molecule has 0 saturated carbocycles. The van der Waals surface area contributed by atoms with E-state index in [2.05, 4.69) is 20.8 Å². The zero-order chi connectivity index (χ0) is 21.9. The number of amides is 2. The van der Waals surface area contributed by atoms with Gasteiger partial charge in [-0.2, -0.15) is 13.2 Å². The Labute approximate surface area is 169 Å². The van der Waals surface area contributed by atoms with Gasteiger partial charge < -0.3 is 10.6 Å². The Hall–Kier alpha value is -3.54. The van der Waals surface area contributed by atoms with Crippen molar-refractivity contribution in [1.29, 1.82) is 0 Å². The number of carbonyl (C=O) groups is 2. The first kappa shape index (κ1) is 21.2. The maximum absolute atomic E-state index is 12.3. The summed E-state index contributed by atoms with van der Waals surface area (Å²) in [7, 11) is 0. The lowest BCUT2D eigenvalue weighted by Gasteiger charge is -2.09. The largest absolute Gasteiger partial charge is 0.446 e. The van der Waals surface area contributed by atoms with Gasteiger partial charge in [0.05, 0.1) is 23.0 Å². The Morgan fingerprint density at radius 1 is 0.967 bits per heavy atom. The minimum Gasteiger partial charge on any atom is -0.343 e. The Morgan fingerprint density at radius 2 is 1.63 bits per heavy atom. The summed E-state index contributed by atoms with van der Waals surface area (Å²) in [6, 6.07) is 9.02. The molecule has 12 heteroatoms. The van der Waals surface area contributed by atoms with Crippen LogP contribution in [-0.2, 0) is 4.79 Å². The predicted molar refractivity (Wildman–Crippen MR) is 105 cm³/mol. The van der Waals surface area contributed by atoms with Gasteiger partial charge in [-0.15, -0.1) is 0 Å². The SMILES string of the molecule is O=C(CNC(=O)c1ccc(SC(F)(F)F)cc1)Nc1cccc2c(=O)[nH][nH]c(=O)c12. The molecule has 0 aliphatic carbocycles. The monoisotopic (exact) mass is 438 g/mol. The standard InChI is InChI=1S/C18H13F3N4O4S/c19-18(20,21)30-10-6-4-9(5-7-10)15(27)22-8-13(26)23-12-3-1-2-11-14(12)17(29)25-24-16(11)28/h1-7H,8H2,(H,22,27)(H,23,26)(H,24,28)(H,25,29). The smallest absolute Gasteiger partial charge is 0.343 e. The molecule has 0 atom stereocenters. The van der Waals surface area contributed by atoms with Gasteiger partial charge in [0.1, 0.15) is 0 Å². The fourth-order valence-electron chi connectivity index (χ4n) is 2.60. The van der Waals surface area contributed by atoms with Gasteiger partial charge in [-0.25, -0.2) is 0 Å². The third kappa shape index (κ3) is 5.08. The van der Waals surface area contributed by atoms with Crippen LogP contribution in [0.4, 0.5) is 18.9 Å². The lowest BCUT2D eigenvalue weighted by molar-refractivity contribution is -0.115. The van der Waals surface area contributed by atoms with Crippen molar-refractivity contribution < 1.29 is 22.8 Å². The molecule has 1 heterocycles. The van der Waals surface area contributed by atoms with Crippen LogP contribution in [0.3, 0.4) is 0 Å². The summed E-state index contributed by atoms with van der Waals surface area (Å²) in [6.45, 7) is -0.463.